The Morgan fingerprint density at radius 1 is 1.35 bits per heavy atom. The molecule has 0 saturated heterocycles. The van der Waals surface area contributed by atoms with E-state index < -0.39 is 4.92 Å². The molecule has 1 aromatic carbocycles. The summed E-state index contributed by atoms with van der Waals surface area (Å²) in [4.78, 5) is 15.6. The number of halogens is 2. The van der Waals surface area contributed by atoms with Crippen molar-refractivity contribution in [1.82, 2.24) is 4.98 Å². The smallest absolute Gasteiger partial charge is 0.272 e. The van der Waals surface area contributed by atoms with Gasteiger partial charge in [-0.3, -0.25) is 10.1 Å². The summed E-state index contributed by atoms with van der Waals surface area (Å²) in [5.41, 5.74) is 1.31. The first-order valence-electron chi connectivity index (χ1n) is 5.68. The van der Waals surface area contributed by atoms with Gasteiger partial charge in [-0.1, -0.05) is 23.2 Å². The first-order chi connectivity index (χ1) is 9.38. The number of nitrogens with zero attached hydrogens (tertiary/aromatic N) is 2. The average molecular weight is 332 g/mol. The fourth-order valence-electron chi connectivity index (χ4n) is 1.74. The van der Waals surface area contributed by atoms with E-state index in [4.69, 9.17) is 23.2 Å². The van der Waals surface area contributed by atoms with Gasteiger partial charge in [-0.2, -0.15) is 0 Å². The number of nitro benzene ring substituents is 1. The van der Waals surface area contributed by atoms with E-state index in [1.807, 2.05) is 13.8 Å². The number of thiazole rings is 1. The maximum Gasteiger partial charge on any atom is 0.272 e. The molecule has 0 bridgehead atoms. The van der Waals surface area contributed by atoms with E-state index in [-0.39, 0.29) is 15.7 Å². The number of benzene rings is 1. The fraction of sp³-hybridized carbons (Fsp3) is 0.250. The molecule has 20 heavy (non-hydrogen) atoms. The van der Waals surface area contributed by atoms with Crippen LogP contribution in [0.5, 0.6) is 0 Å². The summed E-state index contributed by atoms with van der Waals surface area (Å²) in [7, 11) is 0. The zero-order chi connectivity index (χ0) is 14.9. The lowest BCUT2D eigenvalue weighted by Crippen LogP contribution is -2.01. The van der Waals surface area contributed by atoms with Gasteiger partial charge in [-0.05, 0) is 13.8 Å². The minimum absolute atomic E-state index is 0.129. The Morgan fingerprint density at radius 2 is 1.95 bits per heavy atom. The molecule has 2 aromatic rings. The number of nitrogens with one attached hydrogen (secondary N) is 1. The highest BCUT2D eigenvalue weighted by Gasteiger charge is 2.15. The summed E-state index contributed by atoms with van der Waals surface area (Å²) in [6, 6.07) is 2.56. The number of aryl methyl sites for hydroxylation is 2. The number of non-ortho nitro benzene ring substituents is 1. The SMILES string of the molecule is Cc1nc(C)c(CNc2c(Cl)cc([N+](=O)[O-])cc2Cl)s1. The zero-order valence-corrected chi connectivity index (χ0v) is 13.1. The number of nitro groups is 1. The Hall–Kier alpha value is -1.37. The molecule has 106 valence electrons. The number of anilines is 1. The number of hydrogen-bond acceptors (Lipinski definition) is 5. The van der Waals surface area contributed by atoms with Gasteiger partial charge in [0, 0.05) is 17.0 Å². The van der Waals surface area contributed by atoms with Gasteiger partial charge in [0.15, 0.2) is 0 Å². The first-order valence-corrected chi connectivity index (χ1v) is 7.26. The quantitative estimate of drug-likeness (QED) is 0.657. The molecule has 0 aliphatic heterocycles. The summed E-state index contributed by atoms with van der Waals surface area (Å²) >= 11 is 13.6. The predicted octanol–water partition coefficient (Wildman–Crippen LogP) is 4.59. The van der Waals surface area contributed by atoms with E-state index in [9.17, 15) is 10.1 Å². The van der Waals surface area contributed by atoms with Gasteiger partial charge in [0.25, 0.3) is 5.69 Å². The second-order valence-electron chi connectivity index (χ2n) is 4.14. The maximum atomic E-state index is 10.7. The van der Waals surface area contributed by atoms with E-state index in [0.717, 1.165) is 15.6 Å². The minimum atomic E-state index is -0.530. The molecule has 0 aliphatic carbocycles. The van der Waals surface area contributed by atoms with E-state index >= 15 is 0 Å². The molecule has 2 rings (SSSR count). The Bertz CT molecular complexity index is 650. The maximum absolute atomic E-state index is 10.7. The molecule has 8 heteroatoms. The Morgan fingerprint density at radius 3 is 2.40 bits per heavy atom. The third-order valence-corrected chi connectivity index (χ3v) is 4.33. The largest absolute Gasteiger partial charge is 0.378 e. The lowest BCUT2D eigenvalue weighted by Gasteiger charge is -2.09. The Balaban J connectivity index is 2.22. The van der Waals surface area contributed by atoms with Crippen molar-refractivity contribution >= 4 is 45.9 Å². The van der Waals surface area contributed by atoms with E-state index in [0.29, 0.717) is 12.2 Å². The topological polar surface area (TPSA) is 68.1 Å². The van der Waals surface area contributed by atoms with Gasteiger partial charge in [0.1, 0.15) is 0 Å². The van der Waals surface area contributed by atoms with Gasteiger partial charge in [0.2, 0.25) is 0 Å². The lowest BCUT2D eigenvalue weighted by molar-refractivity contribution is -0.384. The van der Waals surface area contributed by atoms with Crippen LogP contribution in [-0.4, -0.2) is 9.91 Å². The van der Waals surface area contributed by atoms with Gasteiger partial charge in [0.05, 0.1) is 37.9 Å². The average Bonchev–Trinajstić information content (AvgIpc) is 2.66. The standard InChI is InChI=1S/C12H11Cl2N3O2S/c1-6-11(20-7(2)16-6)5-15-12-9(13)3-8(17(18)19)4-10(12)14/h3-4,15H,5H2,1-2H3. The van der Waals surface area contributed by atoms with Gasteiger partial charge >= 0.3 is 0 Å². The molecule has 0 atom stereocenters. The second-order valence-corrected chi connectivity index (χ2v) is 6.24. The van der Waals surface area contributed by atoms with E-state index in [1.54, 1.807) is 11.3 Å². The van der Waals surface area contributed by atoms with Gasteiger partial charge in [-0.15, -0.1) is 11.3 Å². The molecule has 0 spiro atoms. The third kappa shape index (κ3) is 3.20. The van der Waals surface area contributed by atoms with Gasteiger partial charge in [-0.25, -0.2) is 4.98 Å². The van der Waals surface area contributed by atoms with Crippen LogP contribution in [-0.2, 0) is 6.54 Å². The summed E-state index contributed by atoms with van der Waals surface area (Å²) in [6.45, 7) is 4.39. The van der Waals surface area contributed by atoms with Crippen LogP contribution in [0.4, 0.5) is 11.4 Å². The van der Waals surface area contributed by atoms with Crippen molar-refractivity contribution in [2.75, 3.05) is 5.32 Å². The van der Waals surface area contributed by atoms with E-state index in [1.165, 1.54) is 12.1 Å². The Kier molecular flexibility index (Phi) is 4.47. The van der Waals surface area contributed by atoms with Crippen molar-refractivity contribution in [3.05, 3.63) is 47.9 Å². The van der Waals surface area contributed by atoms with Crippen LogP contribution in [0, 0.1) is 24.0 Å². The highest BCUT2D eigenvalue weighted by atomic mass is 35.5. The predicted molar refractivity (Wildman–Crippen MR) is 82.0 cm³/mol. The molecule has 0 radical (unpaired) electrons. The third-order valence-electron chi connectivity index (χ3n) is 2.66. The monoisotopic (exact) mass is 331 g/mol. The summed E-state index contributed by atoms with van der Waals surface area (Å²) in [6.07, 6.45) is 0. The molecule has 1 N–H and O–H groups in total. The highest BCUT2D eigenvalue weighted by Crippen LogP contribution is 2.35. The van der Waals surface area contributed by atoms with Crippen LogP contribution in [0.1, 0.15) is 15.6 Å². The highest BCUT2D eigenvalue weighted by molar-refractivity contribution is 7.11. The molecule has 0 unspecified atom stereocenters. The van der Waals surface area contributed by atoms with Crippen molar-refractivity contribution in [3.63, 3.8) is 0 Å². The molecule has 0 amide bonds. The van der Waals surface area contributed by atoms with Crippen LogP contribution in [0.2, 0.25) is 10.0 Å². The van der Waals surface area contributed by atoms with E-state index in [2.05, 4.69) is 10.3 Å². The van der Waals surface area contributed by atoms with Crippen molar-refractivity contribution in [1.29, 1.82) is 0 Å². The van der Waals surface area contributed by atoms with Gasteiger partial charge < -0.3 is 5.32 Å². The normalized spacial score (nSPS) is 10.6. The van der Waals surface area contributed by atoms with Crippen LogP contribution in [0.15, 0.2) is 12.1 Å². The van der Waals surface area contributed by atoms with Crippen LogP contribution < -0.4 is 5.32 Å². The molecule has 0 fully saturated rings. The van der Waals surface area contributed by atoms with Crippen molar-refractivity contribution in [2.24, 2.45) is 0 Å². The fourth-order valence-corrected chi connectivity index (χ4v) is 3.23. The summed E-state index contributed by atoms with van der Waals surface area (Å²) in [5.74, 6) is 0. The zero-order valence-electron chi connectivity index (χ0n) is 10.7. The first kappa shape index (κ1) is 15.0. The van der Waals surface area contributed by atoms with Crippen LogP contribution in [0.25, 0.3) is 0 Å². The lowest BCUT2D eigenvalue weighted by atomic mass is 10.2. The number of aromatic nitrogens is 1. The minimum Gasteiger partial charge on any atom is -0.378 e. The molecule has 1 aromatic heterocycles. The van der Waals surface area contributed by atoms with Crippen molar-refractivity contribution in [2.45, 2.75) is 20.4 Å². The molecular weight excluding hydrogens is 321 g/mol. The van der Waals surface area contributed by atoms with Crippen LogP contribution >= 0.6 is 34.5 Å². The molecule has 1 heterocycles. The molecule has 0 aliphatic rings. The molecular formula is C12H11Cl2N3O2S. The summed E-state index contributed by atoms with van der Waals surface area (Å²) in [5, 5.41) is 15.2. The number of hydrogen-bond donors (Lipinski definition) is 1. The van der Waals surface area contributed by atoms with Crippen molar-refractivity contribution < 1.29 is 4.92 Å². The molecule has 0 saturated carbocycles. The number of rotatable bonds is 4. The van der Waals surface area contributed by atoms with Crippen molar-refractivity contribution in [3.8, 4) is 0 Å². The summed E-state index contributed by atoms with van der Waals surface area (Å²) < 4.78 is 0. The second kappa shape index (κ2) is 5.95. The van der Waals surface area contributed by atoms with Crippen LogP contribution in [0.3, 0.4) is 0 Å². The molecule has 5 nitrogen and oxygen atoms in total. The Labute approximate surface area is 129 Å².